The number of amides is 2. The van der Waals surface area contributed by atoms with Crippen LogP contribution in [-0.2, 0) is 11.3 Å². The van der Waals surface area contributed by atoms with Crippen molar-refractivity contribution in [2.45, 2.75) is 39.8 Å². The van der Waals surface area contributed by atoms with Crippen LogP contribution in [0.1, 0.15) is 27.2 Å². The minimum Gasteiger partial charge on any atom is -0.379 e. The lowest BCUT2D eigenvalue weighted by Gasteiger charge is -2.35. The fourth-order valence-electron chi connectivity index (χ4n) is 2.84. The Labute approximate surface area is 138 Å². The van der Waals surface area contributed by atoms with Crippen LogP contribution in [0.3, 0.4) is 0 Å². The number of rotatable bonds is 7. The minimum absolute atomic E-state index is 0.178. The number of nitrogens with one attached hydrogen (secondary N) is 2. The third kappa shape index (κ3) is 5.84. The summed E-state index contributed by atoms with van der Waals surface area (Å²) in [6, 6.07) is 0.172. The molecule has 1 aliphatic rings. The van der Waals surface area contributed by atoms with Crippen molar-refractivity contribution < 1.29 is 9.53 Å². The van der Waals surface area contributed by atoms with Gasteiger partial charge in [-0.3, -0.25) is 9.58 Å². The lowest BCUT2D eigenvalue weighted by Crippen LogP contribution is -2.49. The van der Waals surface area contributed by atoms with E-state index < -0.39 is 0 Å². The fraction of sp³-hybridized carbons (Fsp3) is 0.750. The van der Waals surface area contributed by atoms with Crippen molar-refractivity contribution in [3.63, 3.8) is 0 Å². The number of urea groups is 1. The van der Waals surface area contributed by atoms with E-state index in [9.17, 15) is 4.79 Å². The largest absolute Gasteiger partial charge is 0.379 e. The van der Waals surface area contributed by atoms with Crippen LogP contribution in [0.2, 0.25) is 0 Å². The molecule has 23 heavy (non-hydrogen) atoms. The van der Waals surface area contributed by atoms with E-state index >= 15 is 0 Å². The first-order valence-corrected chi connectivity index (χ1v) is 8.47. The van der Waals surface area contributed by atoms with Gasteiger partial charge in [-0.05, 0) is 19.3 Å². The highest BCUT2D eigenvalue weighted by Crippen LogP contribution is 2.13. The van der Waals surface area contributed by atoms with Gasteiger partial charge in [0.15, 0.2) is 0 Å². The molecule has 0 aliphatic carbocycles. The molecule has 1 aromatic rings. The number of anilines is 1. The van der Waals surface area contributed by atoms with E-state index in [1.165, 1.54) is 0 Å². The van der Waals surface area contributed by atoms with Crippen molar-refractivity contribution in [2.24, 2.45) is 5.92 Å². The molecule has 2 N–H and O–H groups in total. The summed E-state index contributed by atoms with van der Waals surface area (Å²) in [4.78, 5) is 14.5. The van der Waals surface area contributed by atoms with Crippen LogP contribution in [0.5, 0.6) is 0 Å². The van der Waals surface area contributed by atoms with Gasteiger partial charge in [0.25, 0.3) is 0 Å². The first kappa shape index (κ1) is 17.7. The van der Waals surface area contributed by atoms with Crippen LogP contribution in [-0.4, -0.2) is 59.6 Å². The third-order valence-electron chi connectivity index (χ3n) is 4.02. The molecule has 1 atom stereocenters. The summed E-state index contributed by atoms with van der Waals surface area (Å²) in [5, 5.41) is 9.97. The summed E-state index contributed by atoms with van der Waals surface area (Å²) in [5.74, 6) is 0.593. The molecule has 0 bridgehead atoms. The Balaban J connectivity index is 1.82. The molecule has 1 saturated heterocycles. The first-order chi connectivity index (χ1) is 11.1. The maximum atomic E-state index is 12.1. The van der Waals surface area contributed by atoms with Gasteiger partial charge in [0.1, 0.15) is 0 Å². The maximum absolute atomic E-state index is 12.1. The van der Waals surface area contributed by atoms with E-state index in [1.807, 2.05) is 13.1 Å². The van der Waals surface area contributed by atoms with Crippen molar-refractivity contribution in [3.8, 4) is 0 Å². The summed E-state index contributed by atoms with van der Waals surface area (Å²) < 4.78 is 7.20. The number of aryl methyl sites for hydroxylation is 1. The van der Waals surface area contributed by atoms with E-state index in [-0.39, 0.29) is 6.03 Å². The molecule has 2 amide bonds. The van der Waals surface area contributed by atoms with E-state index in [4.69, 9.17) is 4.74 Å². The Morgan fingerprint density at radius 1 is 1.39 bits per heavy atom. The van der Waals surface area contributed by atoms with Gasteiger partial charge >= 0.3 is 6.03 Å². The smallest absolute Gasteiger partial charge is 0.319 e. The SMILES string of the molecule is CCn1cc(NC(=O)NC[C@@H](CC(C)C)N2CCOCC2)cn1. The molecular formula is C16H29N5O2. The zero-order valence-corrected chi connectivity index (χ0v) is 14.4. The second-order valence-electron chi connectivity index (χ2n) is 6.35. The molecule has 7 heteroatoms. The molecule has 1 aromatic heterocycles. The van der Waals surface area contributed by atoms with Crippen molar-refractivity contribution in [1.29, 1.82) is 0 Å². The van der Waals surface area contributed by atoms with Gasteiger partial charge < -0.3 is 15.4 Å². The second kappa shape index (κ2) is 8.88. The van der Waals surface area contributed by atoms with Gasteiger partial charge in [0, 0.05) is 38.4 Å². The fourth-order valence-corrected chi connectivity index (χ4v) is 2.84. The molecule has 2 rings (SSSR count). The van der Waals surface area contributed by atoms with Crippen molar-refractivity contribution in [2.75, 3.05) is 38.2 Å². The van der Waals surface area contributed by atoms with Gasteiger partial charge in [0.05, 0.1) is 25.1 Å². The average Bonchev–Trinajstić information content (AvgIpc) is 2.99. The number of ether oxygens (including phenoxy) is 1. The lowest BCUT2D eigenvalue weighted by atomic mass is 10.0. The van der Waals surface area contributed by atoms with Gasteiger partial charge in [0.2, 0.25) is 0 Å². The highest BCUT2D eigenvalue weighted by molar-refractivity contribution is 5.88. The van der Waals surface area contributed by atoms with Crippen molar-refractivity contribution in [3.05, 3.63) is 12.4 Å². The van der Waals surface area contributed by atoms with Crippen LogP contribution in [0.15, 0.2) is 12.4 Å². The highest BCUT2D eigenvalue weighted by atomic mass is 16.5. The predicted molar refractivity (Wildman–Crippen MR) is 90.6 cm³/mol. The highest BCUT2D eigenvalue weighted by Gasteiger charge is 2.22. The average molecular weight is 323 g/mol. The normalized spacial score (nSPS) is 17.2. The van der Waals surface area contributed by atoms with Crippen LogP contribution in [0, 0.1) is 5.92 Å². The lowest BCUT2D eigenvalue weighted by molar-refractivity contribution is 0.0130. The summed E-state index contributed by atoms with van der Waals surface area (Å²) >= 11 is 0. The molecule has 0 radical (unpaired) electrons. The summed E-state index contributed by atoms with van der Waals surface area (Å²) in [7, 11) is 0. The standard InChI is InChI=1S/C16H29N5O2/c1-4-21-12-14(10-18-21)19-16(22)17-11-15(9-13(2)3)20-5-7-23-8-6-20/h10,12-13,15H,4-9,11H2,1-3H3,(H2,17,19,22)/t15-/m1/s1. The minimum atomic E-state index is -0.178. The van der Waals surface area contributed by atoms with Gasteiger partial charge in [-0.15, -0.1) is 0 Å². The molecule has 0 saturated carbocycles. The number of hydrogen-bond acceptors (Lipinski definition) is 4. The number of aromatic nitrogens is 2. The van der Waals surface area contributed by atoms with Crippen LogP contribution >= 0.6 is 0 Å². The number of hydrogen-bond donors (Lipinski definition) is 2. The van der Waals surface area contributed by atoms with Crippen LogP contribution < -0.4 is 10.6 Å². The molecular weight excluding hydrogens is 294 g/mol. The van der Waals surface area contributed by atoms with Gasteiger partial charge in [-0.2, -0.15) is 5.10 Å². The molecule has 0 unspecified atom stereocenters. The monoisotopic (exact) mass is 323 g/mol. The van der Waals surface area contributed by atoms with Gasteiger partial charge in [-0.1, -0.05) is 13.8 Å². The van der Waals surface area contributed by atoms with E-state index in [1.54, 1.807) is 10.9 Å². The summed E-state index contributed by atoms with van der Waals surface area (Å²) in [5.41, 5.74) is 0.719. The summed E-state index contributed by atoms with van der Waals surface area (Å²) in [6.45, 7) is 11.3. The topological polar surface area (TPSA) is 71.4 Å². The molecule has 130 valence electrons. The molecule has 7 nitrogen and oxygen atoms in total. The number of carbonyl (C=O) groups excluding carboxylic acids is 1. The van der Waals surface area contributed by atoms with E-state index in [0.717, 1.165) is 45.0 Å². The van der Waals surface area contributed by atoms with Crippen LogP contribution in [0.4, 0.5) is 10.5 Å². The maximum Gasteiger partial charge on any atom is 0.319 e. The van der Waals surface area contributed by atoms with Gasteiger partial charge in [-0.25, -0.2) is 4.79 Å². The molecule has 2 heterocycles. The zero-order chi connectivity index (χ0) is 16.7. The number of nitrogens with zero attached hydrogens (tertiary/aromatic N) is 3. The zero-order valence-electron chi connectivity index (χ0n) is 14.4. The molecule has 0 spiro atoms. The van der Waals surface area contributed by atoms with E-state index in [0.29, 0.717) is 18.5 Å². The third-order valence-corrected chi connectivity index (χ3v) is 4.02. The number of morpholine rings is 1. The Hall–Kier alpha value is -1.60. The Morgan fingerprint density at radius 3 is 2.74 bits per heavy atom. The predicted octanol–water partition coefficient (Wildman–Crippen LogP) is 1.77. The number of carbonyl (C=O) groups is 1. The molecule has 0 aromatic carbocycles. The van der Waals surface area contributed by atoms with E-state index in [2.05, 4.69) is 34.5 Å². The quantitative estimate of drug-likeness (QED) is 0.802. The first-order valence-electron chi connectivity index (χ1n) is 8.47. The molecule has 1 fully saturated rings. The summed E-state index contributed by atoms with van der Waals surface area (Å²) in [6.07, 6.45) is 4.55. The Bertz CT molecular complexity index is 483. The Morgan fingerprint density at radius 2 is 2.13 bits per heavy atom. The van der Waals surface area contributed by atoms with Crippen molar-refractivity contribution >= 4 is 11.7 Å². The second-order valence-corrected chi connectivity index (χ2v) is 6.35. The van der Waals surface area contributed by atoms with Crippen molar-refractivity contribution in [1.82, 2.24) is 20.0 Å². The molecule has 1 aliphatic heterocycles. The Kier molecular flexibility index (Phi) is 6.85. The van der Waals surface area contributed by atoms with Crippen LogP contribution in [0.25, 0.3) is 0 Å².